The molecule has 3 aromatic carbocycles. The molecule has 3 rings (SSSR count). The molecule has 0 aromatic heterocycles. The molecule has 11 heteroatoms. The van der Waals surface area contributed by atoms with Crippen molar-refractivity contribution in [2.24, 2.45) is 0 Å². The van der Waals surface area contributed by atoms with E-state index in [-0.39, 0.29) is 22.0 Å². The number of sulfone groups is 1. The number of halogens is 1. The Bertz CT molecular complexity index is 1420. The molecule has 180 valence electrons. The quantitative estimate of drug-likeness (QED) is 0.426. The molecule has 0 aliphatic carbocycles. The van der Waals surface area contributed by atoms with Gasteiger partial charge in [0.2, 0.25) is 25.8 Å². The second-order valence-corrected chi connectivity index (χ2v) is 12.4. The third-order valence-corrected chi connectivity index (χ3v) is 9.00. The van der Waals surface area contributed by atoms with Crippen molar-refractivity contribution in [3.8, 4) is 0 Å². The molecule has 0 fully saturated rings. The van der Waals surface area contributed by atoms with Gasteiger partial charge in [-0.05, 0) is 65.3 Å². The fraction of sp³-hybridized carbons (Fsp3) is 0.174. The number of nitrogens with one attached hydrogen (secondary N) is 2. The first kappa shape index (κ1) is 25.7. The molecule has 0 bridgehead atoms. The second kappa shape index (κ2) is 10.2. The normalized spacial score (nSPS) is 11.6. The third-order valence-electron chi connectivity index (χ3n) is 5.00. The van der Waals surface area contributed by atoms with E-state index >= 15 is 0 Å². The van der Waals surface area contributed by atoms with E-state index in [2.05, 4.69) is 26.6 Å². The minimum absolute atomic E-state index is 0.0310. The summed E-state index contributed by atoms with van der Waals surface area (Å²) in [7, 11) is -5.89. The predicted octanol–water partition coefficient (Wildman–Crippen LogP) is 4.04. The molecule has 0 spiro atoms. The van der Waals surface area contributed by atoms with Crippen LogP contribution < -0.4 is 14.9 Å². The minimum atomic E-state index is -3.86. The van der Waals surface area contributed by atoms with Crippen molar-refractivity contribution < 1.29 is 21.6 Å². The Kier molecular flexibility index (Phi) is 7.69. The van der Waals surface area contributed by atoms with Crippen LogP contribution in [0.25, 0.3) is 0 Å². The van der Waals surface area contributed by atoms with Gasteiger partial charge in [-0.2, -0.15) is 0 Å². The van der Waals surface area contributed by atoms with Gasteiger partial charge in [-0.1, -0.05) is 29.8 Å². The molecule has 34 heavy (non-hydrogen) atoms. The van der Waals surface area contributed by atoms with E-state index in [9.17, 15) is 21.6 Å². The van der Waals surface area contributed by atoms with Crippen LogP contribution in [0.1, 0.15) is 5.56 Å². The Morgan fingerprint density at radius 1 is 0.971 bits per heavy atom. The molecule has 0 radical (unpaired) electrons. The lowest BCUT2D eigenvalue weighted by atomic mass is 10.2. The summed E-state index contributed by atoms with van der Waals surface area (Å²) in [5.74, 6) is -0.433. The number of rotatable bonds is 8. The highest BCUT2D eigenvalue weighted by Crippen LogP contribution is 2.34. The third kappa shape index (κ3) is 5.96. The van der Waals surface area contributed by atoms with E-state index < -0.39 is 25.8 Å². The molecule has 0 heterocycles. The SMILES string of the molecule is Cc1ccc(S(=O)(=O)c2c(Br)cccc2NCC(=O)Nc2cccc(N(C)S(C)(=O)=O)c2)cc1. The molecule has 8 nitrogen and oxygen atoms in total. The topological polar surface area (TPSA) is 113 Å². The van der Waals surface area contributed by atoms with Crippen molar-refractivity contribution in [1.29, 1.82) is 0 Å². The van der Waals surface area contributed by atoms with Crippen LogP contribution in [-0.4, -0.2) is 42.6 Å². The first-order valence-corrected chi connectivity index (χ1v) is 14.2. The van der Waals surface area contributed by atoms with Gasteiger partial charge < -0.3 is 10.6 Å². The van der Waals surface area contributed by atoms with Crippen molar-refractivity contribution in [3.63, 3.8) is 0 Å². The van der Waals surface area contributed by atoms with Crippen LogP contribution in [0.4, 0.5) is 17.1 Å². The van der Waals surface area contributed by atoms with Gasteiger partial charge in [0.25, 0.3) is 0 Å². The fourth-order valence-electron chi connectivity index (χ4n) is 3.11. The summed E-state index contributed by atoms with van der Waals surface area (Å²) in [6.07, 6.45) is 1.09. The highest BCUT2D eigenvalue weighted by Gasteiger charge is 2.24. The molecular weight excluding hydrogens is 542 g/mol. The number of amides is 1. The first-order chi connectivity index (χ1) is 15.9. The maximum Gasteiger partial charge on any atom is 0.243 e. The van der Waals surface area contributed by atoms with Crippen LogP contribution in [0, 0.1) is 6.92 Å². The van der Waals surface area contributed by atoms with E-state index in [0.717, 1.165) is 16.1 Å². The molecule has 0 atom stereocenters. The predicted molar refractivity (Wildman–Crippen MR) is 138 cm³/mol. The largest absolute Gasteiger partial charge is 0.375 e. The lowest BCUT2D eigenvalue weighted by Gasteiger charge is -2.18. The van der Waals surface area contributed by atoms with Crippen molar-refractivity contribution in [2.45, 2.75) is 16.7 Å². The Labute approximate surface area is 208 Å². The number of hydrogen-bond acceptors (Lipinski definition) is 6. The van der Waals surface area contributed by atoms with Gasteiger partial charge >= 0.3 is 0 Å². The van der Waals surface area contributed by atoms with E-state index in [1.54, 1.807) is 60.7 Å². The summed E-state index contributed by atoms with van der Waals surface area (Å²) >= 11 is 3.32. The van der Waals surface area contributed by atoms with E-state index in [1.807, 2.05) is 6.92 Å². The summed E-state index contributed by atoms with van der Waals surface area (Å²) in [5.41, 5.74) is 2.01. The maximum absolute atomic E-state index is 13.3. The maximum atomic E-state index is 13.3. The van der Waals surface area contributed by atoms with Crippen LogP contribution in [0.3, 0.4) is 0 Å². The zero-order valence-electron chi connectivity index (χ0n) is 18.7. The zero-order valence-corrected chi connectivity index (χ0v) is 22.0. The molecule has 0 aliphatic rings. The zero-order chi connectivity index (χ0) is 25.1. The van der Waals surface area contributed by atoms with E-state index in [1.165, 1.54) is 13.1 Å². The standard InChI is InChI=1S/C23H24BrN3O5S2/c1-16-10-12-19(13-11-16)34(31,32)23-20(24)8-5-9-21(23)25-15-22(28)26-17-6-4-7-18(14-17)27(2)33(3,29)30/h4-14,25H,15H2,1-3H3,(H,26,28). The molecule has 0 unspecified atom stereocenters. The highest BCUT2D eigenvalue weighted by atomic mass is 79.9. The average Bonchev–Trinajstić information content (AvgIpc) is 2.77. The molecule has 0 aliphatic heterocycles. The summed E-state index contributed by atoms with van der Waals surface area (Å²) in [6.45, 7) is 1.66. The Morgan fingerprint density at radius 3 is 2.26 bits per heavy atom. The van der Waals surface area contributed by atoms with Gasteiger partial charge in [0.15, 0.2) is 0 Å². The van der Waals surface area contributed by atoms with Crippen LogP contribution in [-0.2, 0) is 24.7 Å². The Morgan fingerprint density at radius 2 is 1.62 bits per heavy atom. The molecule has 2 N–H and O–H groups in total. The average molecular weight is 566 g/mol. The van der Waals surface area contributed by atoms with Crippen LogP contribution >= 0.6 is 15.9 Å². The second-order valence-electron chi connectivity index (χ2n) is 7.62. The molecular formula is C23H24BrN3O5S2. The van der Waals surface area contributed by atoms with Crippen LogP contribution in [0.5, 0.6) is 0 Å². The number of carbonyl (C=O) groups excluding carboxylic acids is 1. The number of aryl methyl sites for hydroxylation is 1. The lowest BCUT2D eigenvalue weighted by Crippen LogP contribution is -2.25. The molecule has 0 saturated heterocycles. The van der Waals surface area contributed by atoms with Crippen molar-refractivity contribution in [3.05, 3.63) is 76.8 Å². The molecule has 1 amide bonds. The summed E-state index contributed by atoms with van der Waals surface area (Å²) in [5, 5.41) is 5.58. The van der Waals surface area contributed by atoms with Gasteiger partial charge in [0.05, 0.1) is 29.1 Å². The van der Waals surface area contributed by atoms with Crippen molar-refractivity contribution in [2.75, 3.05) is 34.8 Å². The van der Waals surface area contributed by atoms with Gasteiger partial charge in [-0.25, -0.2) is 16.8 Å². The fourth-order valence-corrected chi connectivity index (χ4v) is 6.09. The van der Waals surface area contributed by atoms with E-state index in [4.69, 9.17) is 0 Å². The number of anilines is 3. The van der Waals surface area contributed by atoms with Gasteiger partial charge in [0, 0.05) is 17.2 Å². The highest BCUT2D eigenvalue weighted by molar-refractivity contribution is 9.10. The summed E-state index contributed by atoms with van der Waals surface area (Å²) in [4.78, 5) is 12.7. The Hall–Kier alpha value is -2.89. The van der Waals surface area contributed by atoms with Gasteiger partial charge in [-0.3, -0.25) is 9.10 Å². The van der Waals surface area contributed by atoms with Gasteiger partial charge in [0.1, 0.15) is 4.90 Å². The number of carbonyl (C=O) groups is 1. The minimum Gasteiger partial charge on any atom is -0.375 e. The lowest BCUT2D eigenvalue weighted by molar-refractivity contribution is -0.114. The van der Waals surface area contributed by atoms with Crippen LogP contribution in [0.2, 0.25) is 0 Å². The number of sulfonamides is 1. The summed E-state index contributed by atoms with van der Waals surface area (Å²) in [6, 6.07) is 17.8. The molecule has 3 aromatic rings. The first-order valence-electron chi connectivity index (χ1n) is 10.1. The Balaban J connectivity index is 1.79. The van der Waals surface area contributed by atoms with Crippen molar-refractivity contribution in [1.82, 2.24) is 0 Å². The number of nitrogens with zero attached hydrogens (tertiary/aromatic N) is 1. The molecule has 0 saturated carbocycles. The van der Waals surface area contributed by atoms with Crippen molar-refractivity contribution >= 4 is 58.8 Å². The van der Waals surface area contributed by atoms with Gasteiger partial charge in [-0.15, -0.1) is 0 Å². The monoisotopic (exact) mass is 565 g/mol. The number of benzene rings is 3. The smallest absolute Gasteiger partial charge is 0.243 e. The van der Waals surface area contributed by atoms with Crippen LogP contribution in [0.15, 0.2) is 81.0 Å². The number of hydrogen-bond donors (Lipinski definition) is 2. The van der Waals surface area contributed by atoms with E-state index in [0.29, 0.717) is 15.8 Å². The summed E-state index contributed by atoms with van der Waals surface area (Å²) < 4.78 is 51.6.